The van der Waals surface area contributed by atoms with Crippen LogP contribution in [0, 0.1) is 6.92 Å². The van der Waals surface area contributed by atoms with E-state index < -0.39 is 0 Å². The summed E-state index contributed by atoms with van der Waals surface area (Å²) in [4.78, 5) is 4.34. The molecule has 0 aliphatic carbocycles. The van der Waals surface area contributed by atoms with Gasteiger partial charge in [-0.2, -0.15) is 0 Å². The van der Waals surface area contributed by atoms with Crippen LogP contribution in [0.25, 0.3) is 10.9 Å². The number of hydrogen-bond donors (Lipinski definition) is 0. The van der Waals surface area contributed by atoms with Crippen molar-refractivity contribution >= 4 is 54.4 Å². The lowest BCUT2D eigenvalue weighted by atomic mass is 10.1. The molecule has 1 aromatic carbocycles. The van der Waals surface area contributed by atoms with Crippen LogP contribution in [0.5, 0.6) is 0 Å². The third kappa shape index (κ3) is 1.58. The van der Waals surface area contributed by atoms with Crippen LogP contribution in [-0.2, 0) is 0 Å². The molecule has 0 bridgehead atoms. The van der Waals surface area contributed by atoms with Gasteiger partial charge in [0.2, 0.25) is 0 Å². The van der Waals surface area contributed by atoms with Gasteiger partial charge in [-0.15, -0.1) is 0 Å². The normalized spacial score (nSPS) is 10.9. The number of aromatic nitrogens is 1. The first-order valence-corrected chi connectivity index (χ1v) is 5.96. The fourth-order valence-corrected chi connectivity index (χ4v) is 2.16. The minimum Gasteiger partial charge on any atom is -0.255 e. The molecule has 72 valence electrons. The second-order valence-electron chi connectivity index (χ2n) is 2.99. The molecule has 0 saturated carbocycles. The van der Waals surface area contributed by atoms with Crippen LogP contribution in [0.1, 0.15) is 5.56 Å². The van der Waals surface area contributed by atoms with Crippen molar-refractivity contribution in [3.8, 4) is 0 Å². The second kappa shape index (κ2) is 3.80. The van der Waals surface area contributed by atoms with Crippen molar-refractivity contribution in [3.05, 3.63) is 37.9 Å². The summed E-state index contributed by atoms with van der Waals surface area (Å²) in [6, 6.07) is 3.95. The maximum atomic E-state index is 6.15. The lowest BCUT2D eigenvalue weighted by Crippen LogP contribution is -1.86. The summed E-state index contributed by atoms with van der Waals surface area (Å²) in [5.41, 5.74) is 2.05. The van der Waals surface area contributed by atoms with E-state index in [0.717, 1.165) is 25.4 Å². The molecule has 0 radical (unpaired) electrons. The predicted molar refractivity (Wildman–Crippen MR) is 66.9 cm³/mol. The van der Waals surface area contributed by atoms with Crippen LogP contribution in [0.3, 0.4) is 0 Å². The van der Waals surface area contributed by atoms with Crippen LogP contribution in [-0.4, -0.2) is 4.98 Å². The smallest absolute Gasteiger partial charge is 0.0758 e. The van der Waals surface area contributed by atoms with Crippen molar-refractivity contribution in [3.63, 3.8) is 0 Å². The first kappa shape index (κ1) is 10.4. The van der Waals surface area contributed by atoms with E-state index in [1.165, 1.54) is 0 Å². The van der Waals surface area contributed by atoms with E-state index in [2.05, 4.69) is 36.8 Å². The molecule has 2 rings (SSSR count). The molecule has 0 N–H and O–H groups in total. The van der Waals surface area contributed by atoms with E-state index in [1.807, 2.05) is 19.1 Å². The number of hydrogen-bond acceptors (Lipinski definition) is 1. The molecule has 0 aliphatic rings. The van der Waals surface area contributed by atoms with Gasteiger partial charge in [-0.05, 0) is 34.5 Å². The Morgan fingerprint density at radius 2 is 1.93 bits per heavy atom. The van der Waals surface area contributed by atoms with Gasteiger partial charge >= 0.3 is 0 Å². The van der Waals surface area contributed by atoms with Crippen molar-refractivity contribution < 1.29 is 0 Å². The van der Waals surface area contributed by atoms with E-state index >= 15 is 0 Å². The minimum atomic E-state index is 0.714. The topological polar surface area (TPSA) is 12.9 Å². The number of pyridine rings is 1. The van der Waals surface area contributed by atoms with Crippen molar-refractivity contribution in [2.24, 2.45) is 0 Å². The zero-order valence-corrected chi connectivity index (χ0v) is 11.2. The van der Waals surface area contributed by atoms with Crippen LogP contribution >= 0.6 is 43.5 Å². The lowest BCUT2D eigenvalue weighted by Gasteiger charge is -2.06. The zero-order chi connectivity index (χ0) is 10.3. The number of benzene rings is 1. The van der Waals surface area contributed by atoms with Gasteiger partial charge in [-0.25, -0.2) is 0 Å². The predicted octanol–water partition coefficient (Wildman–Crippen LogP) is 4.72. The molecule has 0 aliphatic heterocycles. The van der Waals surface area contributed by atoms with Gasteiger partial charge < -0.3 is 0 Å². The Morgan fingerprint density at radius 1 is 1.21 bits per heavy atom. The lowest BCUT2D eigenvalue weighted by molar-refractivity contribution is 1.34. The molecule has 0 spiro atoms. The standard InChI is InChI=1S/C10H6Br2ClN/c1-5-7(11)3-2-6-9(13)8(12)4-14-10(5)6/h2-4H,1H3. The number of rotatable bonds is 0. The van der Waals surface area contributed by atoms with Crippen molar-refractivity contribution in [1.29, 1.82) is 0 Å². The van der Waals surface area contributed by atoms with Gasteiger partial charge in [0.15, 0.2) is 0 Å². The Kier molecular flexibility index (Phi) is 2.82. The summed E-state index contributed by atoms with van der Waals surface area (Å²) in [5.74, 6) is 0. The fourth-order valence-electron chi connectivity index (χ4n) is 1.33. The van der Waals surface area contributed by atoms with Crippen molar-refractivity contribution in [2.45, 2.75) is 6.92 Å². The highest BCUT2D eigenvalue weighted by Crippen LogP contribution is 2.33. The Morgan fingerprint density at radius 3 is 2.64 bits per heavy atom. The van der Waals surface area contributed by atoms with Crippen molar-refractivity contribution in [2.75, 3.05) is 0 Å². The van der Waals surface area contributed by atoms with E-state index in [9.17, 15) is 0 Å². The van der Waals surface area contributed by atoms with E-state index in [4.69, 9.17) is 11.6 Å². The average Bonchev–Trinajstić information content (AvgIpc) is 2.17. The first-order valence-electron chi connectivity index (χ1n) is 4.00. The molecule has 0 saturated heterocycles. The summed E-state index contributed by atoms with van der Waals surface area (Å²) in [7, 11) is 0. The number of aryl methyl sites for hydroxylation is 1. The third-order valence-electron chi connectivity index (χ3n) is 2.12. The maximum absolute atomic E-state index is 6.15. The van der Waals surface area contributed by atoms with Gasteiger partial charge in [0.05, 0.1) is 15.0 Å². The average molecular weight is 335 g/mol. The Bertz CT molecular complexity index is 464. The molecule has 1 nitrogen and oxygen atoms in total. The molecule has 0 amide bonds. The summed E-state index contributed by atoms with van der Waals surface area (Å²) in [6.07, 6.45) is 1.73. The summed E-state index contributed by atoms with van der Waals surface area (Å²) in [5, 5.41) is 1.69. The molecule has 1 aromatic heterocycles. The highest BCUT2D eigenvalue weighted by molar-refractivity contribution is 9.10. The Balaban J connectivity index is 2.94. The molecule has 1 heterocycles. The molecule has 14 heavy (non-hydrogen) atoms. The highest BCUT2D eigenvalue weighted by Gasteiger charge is 2.08. The van der Waals surface area contributed by atoms with Crippen molar-refractivity contribution in [1.82, 2.24) is 4.98 Å². The molecular formula is C10H6Br2ClN. The van der Waals surface area contributed by atoms with Gasteiger partial charge in [0, 0.05) is 16.1 Å². The van der Waals surface area contributed by atoms with Crippen LogP contribution < -0.4 is 0 Å². The van der Waals surface area contributed by atoms with Crippen LogP contribution in [0.2, 0.25) is 5.02 Å². The van der Waals surface area contributed by atoms with Gasteiger partial charge in [-0.3, -0.25) is 4.98 Å². The molecular weight excluding hydrogens is 329 g/mol. The zero-order valence-electron chi connectivity index (χ0n) is 7.31. The third-order valence-corrected chi connectivity index (χ3v) is 4.21. The van der Waals surface area contributed by atoms with Gasteiger partial charge in [0.1, 0.15) is 0 Å². The molecule has 2 aromatic rings. The van der Waals surface area contributed by atoms with E-state index in [-0.39, 0.29) is 0 Å². The monoisotopic (exact) mass is 333 g/mol. The Labute approximate surface area is 104 Å². The largest absolute Gasteiger partial charge is 0.255 e. The SMILES string of the molecule is Cc1c(Br)ccc2c(Cl)c(Br)cnc12. The quantitative estimate of drug-likeness (QED) is 0.679. The summed E-state index contributed by atoms with van der Waals surface area (Å²) in [6.45, 7) is 2.02. The van der Waals surface area contributed by atoms with Crippen LogP contribution in [0.15, 0.2) is 27.3 Å². The summed E-state index contributed by atoms with van der Waals surface area (Å²) < 4.78 is 1.88. The minimum absolute atomic E-state index is 0.714. The molecule has 0 atom stereocenters. The molecule has 0 unspecified atom stereocenters. The number of nitrogens with zero attached hydrogens (tertiary/aromatic N) is 1. The maximum Gasteiger partial charge on any atom is 0.0758 e. The fraction of sp³-hybridized carbons (Fsp3) is 0.100. The highest BCUT2D eigenvalue weighted by atomic mass is 79.9. The number of halogens is 3. The Hall–Kier alpha value is -0.120. The summed E-state index contributed by atoms with van der Waals surface area (Å²) >= 11 is 13.0. The number of fused-ring (bicyclic) bond motifs is 1. The van der Waals surface area contributed by atoms with Gasteiger partial charge in [-0.1, -0.05) is 33.6 Å². The van der Waals surface area contributed by atoms with Crippen LogP contribution in [0.4, 0.5) is 0 Å². The van der Waals surface area contributed by atoms with E-state index in [1.54, 1.807) is 6.20 Å². The molecule has 4 heteroatoms. The second-order valence-corrected chi connectivity index (χ2v) is 5.08. The van der Waals surface area contributed by atoms with Gasteiger partial charge in [0.25, 0.3) is 0 Å². The first-order chi connectivity index (χ1) is 6.61. The molecule has 0 fully saturated rings. The van der Waals surface area contributed by atoms with E-state index in [0.29, 0.717) is 5.02 Å².